The zero-order valence-electron chi connectivity index (χ0n) is 15.9. The second-order valence-electron chi connectivity index (χ2n) is 6.04. The van der Waals surface area contributed by atoms with Crippen LogP contribution in [-0.4, -0.2) is 88.7 Å². The molecule has 1 aromatic rings. The Morgan fingerprint density at radius 2 is 1.44 bits per heavy atom. The quantitative estimate of drug-likeness (QED) is 0.540. The van der Waals surface area contributed by atoms with Crippen LogP contribution in [0.2, 0.25) is 0 Å². The van der Waals surface area contributed by atoms with Crippen molar-refractivity contribution in [1.82, 2.24) is 9.80 Å². The fourth-order valence-electron chi connectivity index (χ4n) is 1.60. The monoisotopic (exact) mass is 386 g/mol. The number of aliphatic hydroxyl groups is 2. The van der Waals surface area contributed by atoms with Crippen molar-refractivity contribution in [3.8, 4) is 5.75 Å². The Hall–Kier alpha value is -2.69. The van der Waals surface area contributed by atoms with Crippen molar-refractivity contribution >= 4 is 18.0 Å². The lowest BCUT2D eigenvalue weighted by Gasteiger charge is -2.20. The Labute approximate surface area is 157 Å². The number of carbonyl (C=O) groups excluding carboxylic acids is 1. The zero-order chi connectivity index (χ0) is 21.3. The summed E-state index contributed by atoms with van der Waals surface area (Å²) in [7, 11) is 7.36. The number of carboxylic acid groups (broad SMARTS) is 2. The molecule has 10 heteroatoms. The van der Waals surface area contributed by atoms with Crippen molar-refractivity contribution in [2.24, 2.45) is 0 Å². The Balaban J connectivity index is 0.000000580. The molecule has 1 amide bonds. The molecule has 0 fully saturated rings. The predicted molar refractivity (Wildman–Crippen MR) is 95.5 cm³/mol. The van der Waals surface area contributed by atoms with Crippen molar-refractivity contribution < 1.29 is 39.5 Å². The molecule has 1 aromatic carbocycles. The van der Waals surface area contributed by atoms with Crippen LogP contribution < -0.4 is 4.74 Å². The standard InChI is InChI=1S/C13H20N2O2.C4H6O6/c1-10(14(2)3)11-7-6-8-12(9-11)17-13(16)15(4)5;5-1(3(7)8)2(6)4(9)10/h6-10H,1-5H3;1-2,5-6H,(H,7,8)(H,9,10)/t10-;1-,2-/m00/s1. The van der Waals surface area contributed by atoms with Crippen LogP contribution in [0, 0.1) is 0 Å². The van der Waals surface area contributed by atoms with E-state index in [9.17, 15) is 14.4 Å². The first-order chi connectivity index (χ1) is 12.4. The van der Waals surface area contributed by atoms with Crippen LogP contribution >= 0.6 is 0 Å². The molecular weight excluding hydrogens is 360 g/mol. The Kier molecular flexibility index (Phi) is 10.0. The lowest BCUT2D eigenvalue weighted by Crippen LogP contribution is -2.39. The third-order valence-electron chi connectivity index (χ3n) is 3.49. The number of carbonyl (C=O) groups is 3. The highest BCUT2D eigenvalue weighted by molar-refractivity contribution is 5.83. The van der Waals surface area contributed by atoms with Crippen LogP contribution in [0.5, 0.6) is 5.75 Å². The zero-order valence-corrected chi connectivity index (χ0v) is 15.9. The number of rotatable bonds is 6. The first kappa shape index (κ1) is 24.3. The average molecular weight is 386 g/mol. The highest BCUT2D eigenvalue weighted by Gasteiger charge is 2.29. The van der Waals surface area contributed by atoms with Gasteiger partial charge in [0, 0.05) is 20.1 Å². The molecule has 0 saturated carbocycles. The van der Waals surface area contributed by atoms with Gasteiger partial charge in [0.25, 0.3) is 0 Å². The third kappa shape index (κ3) is 8.49. The van der Waals surface area contributed by atoms with Crippen LogP contribution in [0.4, 0.5) is 4.79 Å². The molecule has 0 unspecified atom stereocenters. The first-order valence-electron chi connectivity index (χ1n) is 7.85. The summed E-state index contributed by atoms with van der Waals surface area (Å²) in [5, 5.41) is 32.5. The SMILES string of the molecule is C[C@@H](c1cccc(OC(=O)N(C)C)c1)N(C)C.O=C(O)[C@@H](O)[C@H](O)C(=O)O. The summed E-state index contributed by atoms with van der Waals surface area (Å²) >= 11 is 0. The minimum Gasteiger partial charge on any atom is -0.479 e. The summed E-state index contributed by atoms with van der Waals surface area (Å²) in [6.07, 6.45) is -4.89. The van der Waals surface area contributed by atoms with Gasteiger partial charge in [0.15, 0.2) is 12.2 Å². The minimum absolute atomic E-state index is 0.285. The van der Waals surface area contributed by atoms with Gasteiger partial charge in [-0.15, -0.1) is 0 Å². The van der Waals surface area contributed by atoms with Crippen LogP contribution in [0.1, 0.15) is 18.5 Å². The second-order valence-corrected chi connectivity index (χ2v) is 6.04. The van der Waals surface area contributed by atoms with Crippen LogP contribution in [-0.2, 0) is 9.59 Å². The summed E-state index contributed by atoms with van der Waals surface area (Å²) in [4.78, 5) is 34.5. The molecule has 0 saturated heterocycles. The van der Waals surface area contributed by atoms with Crippen molar-refractivity contribution in [3.63, 3.8) is 0 Å². The van der Waals surface area contributed by atoms with Crippen LogP contribution in [0.3, 0.4) is 0 Å². The maximum absolute atomic E-state index is 11.4. The van der Waals surface area contributed by atoms with E-state index in [4.69, 9.17) is 25.2 Å². The minimum atomic E-state index is -2.27. The van der Waals surface area contributed by atoms with Crippen LogP contribution in [0.15, 0.2) is 24.3 Å². The average Bonchev–Trinajstić information content (AvgIpc) is 2.60. The number of ether oxygens (including phenoxy) is 1. The molecule has 0 aromatic heterocycles. The van der Waals surface area contributed by atoms with Gasteiger partial charge in [-0.1, -0.05) is 12.1 Å². The van der Waals surface area contributed by atoms with Gasteiger partial charge >= 0.3 is 18.0 Å². The summed E-state index contributed by atoms with van der Waals surface area (Å²) in [6.45, 7) is 2.10. The molecule has 0 heterocycles. The van der Waals surface area contributed by atoms with E-state index in [1.807, 2.05) is 32.3 Å². The van der Waals surface area contributed by atoms with E-state index in [-0.39, 0.29) is 12.1 Å². The topological polar surface area (TPSA) is 148 Å². The maximum atomic E-state index is 11.4. The smallest absolute Gasteiger partial charge is 0.414 e. The Morgan fingerprint density at radius 3 is 1.81 bits per heavy atom. The molecule has 0 spiro atoms. The van der Waals surface area contributed by atoms with Gasteiger partial charge in [0.05, 0.1) is 0 Å². The molecule has 0 aliphatic carbocycles. The normalized spacial score (nSPS) is 13.6. The highest BCUT2D eigenvalue weighted by atomic mass is 16.6. The summed E-state index contributed by atoms with van der Waals surface area (Å²) in [5.41, 5.74) is 1.12. The molecule has 10 nitrogen and oxygen atoms in total. The molecule has 4 N–H and O–H groups in total. The molecule has 27 heavy (non-hydrogen) atoms. The van der Waals surface area contributed by atoms with E-state index in [1.54, 1.807) is 20.2 Å². The number of aliphatic carboxylic acids is 2. The fraction of sp³-hybridized carbons (Fsp3) is 0.471. The summed E-state index contributed by atoms with van der Waals surface area (Å²) < 4.78 is 5.21. The number of amides is 1. The van der Waals surface area contributed by atoms with Gasteiger partial charge in [-0.25, -0.2) is 14.4 Å². The number of hydrogen-bond acceptors (Lipinski definition) is 7. The number of benzene rings is 1. The van der Waals surface area contributed by atoms with E-state index in [0.717, 1.165) is 5.56 Å². The summed E-state index contributed by atoms with van der Waals surface area (Å²) in [6, 6.07) is 7.89. The highest BCUT2D eigenvalue weighted by Crippen LogP contribution is 2.22. The lowest BCUT2D eigenvalue weighted by molar-refractivity contribution is -0.165. The first-order valence-corrected chi connectivity index (χ1v) is 7.85. The van der Waals surface area contributed by atoms with E-state index < -0.39 is 24.1 Å². The molecule has 0 aliphatic heterocycles. The number of aliphatic hydroxyl groups excluding tert-OH is 2. The lowest BCUT2D eigenvalue weighted by atomic mass is 10.1. The Morgan fingerprint density at radius 1 is 0.963 bits per heavy atom. The van der Waals surface area contributed by atoms with E-state index in [1.165, 1.54) is 4.90 Å². The van der Waals surface area contributed by atoms with Gasteiger partial charge in [0.1, 0.15) is 5.75 Å². The molecular formula is C17H26N2O8. The Bertz CT molecular complexity index is 630. The fourth-order valence-corrected chi connectivity index (χ4v) is 1.60. The molecule has 0 bridgehead atoms. The van der Waals surface area contributed by atoms with Crippen molar-refractivity contribution in [2.45, 2.75) is 25.2 Å². The van der Waals surface area contributed by atoms with Gasteiger partial charge in [0.2, 0.25) is 0 Å². The molecule has 152 valence electrons. The van der Waals surface area contributed by atoms with Crippen molar-refractivity contribution in [1.29, 1.82) is 0 Å². The third-order valence-corrected chi connectivity index (χ3v) is 3.49. The van der Waals surface area contributed by atoms with Gasteiger partial charge in [-0.05, 0) is 38.7 Å². The number of nitrogens with zero attached hydrogens (tertiary/aromatic N) is 2. The molecule has 0 radical (unpaired) electrons. The molecule has 0 aliphatic rings. The largest absolute Gasteiger partial charge is 0.479 e. The molecule has 3 atom stereocenters. The van der Waals surface area contributed by atoms with Gasteiger partial charge in [-0.2, -0.15) is 0 Å². The predicted octanol–water partition coefficient (Wildman–Crippen LogP) is 0.247. The van der Waals surface area contributed by atoms with Crippen LogP contribution in [0.25, 0.3) is 0 Å². The maximum Gasteiger partial charge on any atom is 0.414 e. The van der Waals surface area contributed by atoms with Crippen molar-refractivity contribution in [3.05, 3.63) is 29.8 Å². The molecule has 1 rings (SSSR count). The van der Waals surface area contributed by atoms with E-state index in [2.05, 4.69) is 11.8 Å². The second kappa shape index (κ2) is 11.1. The van der Waals surface area contributed by atoms with Gasteiger partial charge < -0.3 is 35.0 Å². The van der Waals surface area contributed by atoms with E-state index >= 15 is 0 Å². The van der Waals surface area contributed by atoms with Gasteiger partial charge in [-0.3, -0.25) is 0 Å². The number of carboxylic acids is 2. The number of hydrogen-bond donors (Lipinski definition) is 4. The summed E-state index contributed by atoms with van der Waals surface area (Å²) in [5.74, 6) is -2.96. The van der Waals surface area contributed by atoms with Crippen molar-refractivity contribution in [2.75, 3.05) is 28.2 Å². The van der Waals surface area contributed by atoms with E-state index in [0.29, 0.717) is 5.75 Å².